The molecular formula is C17H23ClN4O3. The molecule has 3 rings (SSSR count). The number of aromatic amines is 1. The first kappa shape index (κ1) is 19.2. The molecule has 1 aliphatic heterocycles. The monoisotopic (exact) mass is 366 g/mol. The fourth-order valence-electron chi connectivity index (χ4n) is 2.76. The Morgan fingerprint density at radius 3 is 2.72 bits per heavy atom. The first-order valence-corrected chi connectivity index (χ1v) is 8.22. The van der Waals surface area contributed by atoms with Crippen molar-refractivity contribution in [2.75, 3.05) is 39.3 Å². The molecule has 1 saturated heterocycles. The number of aromatic nitrogens is 1. The summed E-state index contributed by atoms with van der Waals surface area (Å²) < 4.78 is 5.23. The fraction of sp³-hybridized carbons (Fsp3) is 0.412. The zero-order chi connectivity index (χ0) is 16.8. The van der Waals surface area contributed by atoms with Crippen LogP contribution in [-0.2, 0) is 0 Å². The van der Waals surface area contributed by atoms with E-state index in [1.165, 1.54) is 12.3 Å². The Hall–Kier alpha value is -2.09. The van der Waals surface area contributed by atoms with E-state index in [0.717, 1.165) is 39.1 Å². The number of rotatable bonds is 6. The second kappa shape index (κ2) is 9.41. The molecule has 2 aromatic heterocycles. The number of amides is 1. The lowest BCUT2D eigenvalue weighted by Gasteiger charge is -2.27. The summed E-state index contributed by atoms with van der Waals surface area (Å²) in [6, 6.07) is 6.70. The van der Waals surface area contributed by atoms with E-state index >= 15 is 0 Å². The first-order chi connectivity index (χ1) is 11.7. The topological polar surface area (TPSA) is 90.4 Å². The van der Waals surface area contributed by atoms with Gasteiger partial charge >= 0.3 is 0 Å². The van der Waals surface area contributed by atoms with Crippen LogP contribution in [0.25, 0.3) is 11.5 Å². The third-order valence-electron chi connectivity index (χ3n) is 4.09. The van der Waals surface area contributed by atoms with E-state index in [-0.39, 0.29) is 23.9 Å². The van der Waals surface area contributed by atoms with Crippen LogP contribution in [0.5, 0.6) is 0 Å². The lowest BCUT2D eigenvalue weighted by molar-refractivity contribution is 0.0949. The standard InChI is InChI=1S/C17H22N4O3.ClH/c22-16(19-6-2-9-21-10-7-18-8-11-21)13-4-5-14(20-17(13)23)15-3-1-12-24-15;/h1,3-5,12,18H,2,6-11H2,(H,19,22)(H,20,23);1H. The molecule has 8 heteroatoms. The fourth-order valence-corrected chi connectivity index (χ4v) is 2.76. The van der Waals surface area contributed by atoms with Gasteiger partial charge < -0.3 is 24.9 Å². The SMILES string of the molecule is Cl.O=C(NCCCN1CCNCC1)c1ccc(-c2ccco2)[nH]c1=O. The number of carbonyl (C=O) groups is 1. The molecule has 0 saturated carbocycles. The summed E-state index contributed by atoms with van der Waals surface area (Å²) in [5.41, 5.74) is 0.260. The molecule has 0 radical (unpaired) electrons. The average molecular weight is 367 g/mol. The van der Waals surface area contributed by atoms with E-state index in [1.807, 2.05) is 0 Å². The van der Waals surface area contributed by atoms with Gasteiger partial charge in [0.25, 0.3) is 11.5 Å². The van der Waals surface area contributed by atoms with Crippen LogP contribution in [0.3, 0.4) is 0 Å². The Morgan fingerprint density at radius 1 is 1.24 bits per heavy atom. The Bertz CT molecular complexity index is 724. The summed E-state index contributed by atoms with van der Waals surface area (Å²) in [6.07, 6.45) is 2.40. The lowest BCUT2D eigenvalue weighted by atomic mass is 10.2. The predicted octanol–water partition coefficient (Wildman–Crippen LogP) is 1.08. The van der Waals surface area contributed by atoms with Crippen LogP contribution < -0.4 is 16.2 Å². The summed E-state index contributed by atoms with van der Waals surface area (Å²) >= 11 is 0. The number of hydrogen-bond donors (Lipinski definition) is 3. The maximum Gasteiger partial charge on any atom is 0.261 e. The molecule has 1 fully saturated rings. The highest BCUT2D eigenvalue weighted by Crippen LogP contribution is 2.15. The quantitative estimate of drug-likeness (QED) is 0.666. The minimum atomic E-state index is -0.413. The first-order valence-electron chi connectivity index (χ1n) is 8.22. The van der Waals surface area contributed by atoms with Crippen molar-refractivity contribution in [3.8, 4) is 11.5 Å². The van der Waals surface area contributed by atoms with E-state index in [1.54, 1.807) is 18.2 Å². The summed E-state index contributed by atoms with van der Waals surface area (Å²) in [6.45, 7) is 5.63. The summed E-state index contributed by atoms with van der Waals surface area (Å²) in [5, 5.41) is 6.12. The van der Waals surface area contributed by atoms with Crippen molar-refractivity contribution >= 4 is 18.3 Å². The Labute approximate surface area is 152 Å². The molecule has 0 bridgehead atoms. The van der Waals surface area contributed by atoms with E-state index in [0.29, 0.717) is 18.0 Å². The molecule has 3 N–H and O–H groups in total. The summed E-state index contributed by atoms with van der Waals surface area (Å²) in [4.78, 5) is 29.3. The maximum atomic E-state index is 12.1. The molecule has 0 atom stereocenters. The molecule has 3 heterocycles. The second-order valence-corrected chi connectivity index (χ2v) is 5.79. The summed E-state index contributed by atoms with van der Waals surface area (Å²) in [7, 11) is 0. The van der Waals surface area contributed by atoms with Crippen LogP contribution in [0.4, 0.5) is 0 Å². The number of piperazine rings is 1. The maximum absolute atomic E-state index is 12.1. The van der Waals surface area contributed by atoms with Crippen LogP contribution in [0, 0.1) is 0 Å². The van der Waals surface area contributed by atoms with E-state index < -0.39 is 5.56 Å². The number of hydrogen-bond acceptors (Lipinski definition) is 5. The molecule has 2 aromatic rings. The van der Waals surface area contributed by atoms with Gasteiger partial charge in [-0.15, -0.1) is 12.4 Å². The number of halogens is 1. The van der Waals surface area contributed by atoms with Gasteiger partial charge in [-0.25, -0.2) is 0 Å². The third-order valence-corrected chi connectivity index (χ3v) is 4.09. The van der Waals surface area contributed by atoms with Crippen LogP contribution in [0.1, 0.15) is 16.8 Å². The van der Waals surface area contributed by atoms with Crippen molar-refractivity contribution in [1.29, 1.82) is 0 Å². The van der Waals surface area contributed by atoms with Crippen molar-refractivity contribution in [3.05, 3.63) is 46.4 Å². The van der Waals surface area contributed by atoms with Crippen LogP contribution in [0.2, 0.25) is 0 Å². The molecular weight excluding hydrogens is 344 g/mol. The molecule has 0 spiro atoms. The van der Waals surface area contributed by atoms with Gasteiger partial charge in [0.15, 0.2) is 0 Å². The number of carbonyl (C=O) groups excluding carboxylic acids is 1. The Balaban J connectivity index is 0.00000225. The van der Waals surface area contributed by atoms with Gasteiger partial charge in [0.2, 0.25) is 0 Å². The highest BCUT2D eigenvalue weighted by atomic mass is 35.5. The largest absolute Gasteiger partial charge is 0.463 e. The van der Waals surface area contributed by atoms with Gasteiger partial charge in [-0.3, -0.25) is 9.59 Å². The number of nitrogens with one attached hydrogen (secondary N) is 3. The van der Waals surface area contributed by atoms with E-state index in [9.17, 15) is 9.59 Å². The minimum absolute atomic E-state index is 0. The number of H-pyrrole nitrogens is 1. The van der Waals surface area contributed by atoms with Gasteiger partial charge in [-0.1, -0.05) is 0 Å². The molecule has 136 valence electrons. The minimum Gasteiger partial charge on any atom is -0.463 e. The molecule has 0 aliphatic carbocycles. The molecule has 1 amide bonds. The third kappa shape index (κ3) is 5.19. The number of pyridine rings is 1. The molecule has 25 heavy (non-hydrogen) atoms. The van der Waals surface area contributed by atoms with Gasteiger partial charge in [0, 0.05) is 32.7 Å². The van der Waals surface area contributed by atoms with E-state index in [2.05, 4.69) is 20.5 Å². The molecule has 0 unspecified atom stereocenters. The van der Waals surface area contributed by atoms with Crippen LogP contribution >= 0.6 is 12.4 Å². The predicted molar refractivity (Wildman–Crippen MR) is 98.3 cm³/mol. The Morgan fingerprint density at radius 2 is 2.04 bits per heavy atom. The smallest absolute Gasteiger partial charge is 0.261 e. The number of nitrogens with zero attached hydrogens (tertiary/aromatic N) is 1. The highest BCUT2D eigenvalue weighted by molar-refractivity contribution is 5.94. The van der Waals surface area contributed by atoms with Crippen molar-refractivity contribution < 1.29 is 9.21 Å². The second-order valence-electron chi connectivity index (χ2n) is 5.79. The zero-order valence-electron chi connectivity index (χ0n) is 13.9. The number of furan rings is 1. The lowest BCUT2D eigenvalue weighted by Crippen LogP contribution is -2.44. The van der Waals surface area contributed by atoms with Gasteiger partial charge in [-0.2, -0.15) is 0 Å². The highest BCUT2D eigenvalue weighted by Gasteiger charge is 2.13. The van der Waals surface area contributed by atoms with Crippen LogP contribution in [0.15, 0.2) is 39.7 Å². The van der Waals surface area contributed by atoms with Gasteiger partial charge in [-0.05, 0) is 37.2 Å². The van der Waals surface area contributed by atoms with Crippen molar-refractivity contribution in [1.82, 2.24) is 20.5 Å². The van der Waals surface area contributed by atoms with Crippen molar-refractivity contribution in [3.63, 3.8) is 0 Å². The zero-order valence-corrected chi connectivity index (χ0v) is 14.7. The van der Waals surface area contributed by atoms with Gasteiger partial charge in [0.1, 0.15) is 11.3 Å². The molecule has 1 aliphatic rings. The van der Waals surface area contributed by atoms with Crippen molar-refractivity contribution in [2.24, 2.45) is 0 Å². The molecule has 7 nitrogen and oxygen atoms in total. The Kier molecular flexibility index (Phi) is 7.24. The van der Waals surface area contributed by atoms with Crippen molar-refractivity contribution in [2.45, 2.75) is 6.42 Å². The van der Waals surface area contributed by atoms with E-state index in [4.69, 9.17) is 4.42 Å². The van der Waals surface area contributed by atoms with Crippen LogP contribution in [-0.4, -0.2) is 55.1 Å². The normalized spacial score (nSPS) is 14.7. The average Bonchev–Trinajstić information content (AvgIpc) is 3.14. The summed E-state index contributed by atoms with van der Waals surface area (Å²) in [5.74, 6) is 0.220. The van der Waals surface area contributed by atoms with Gasteiger partial charge in [0.05, 0.1) is 12.0 Å². The molecule has 0 aromatic carbocycles.